The second-order valence-corrected chi connectivity index (χ2v) is 2.58. The maximum absolute atomic E-state index is 11.1. The molecule has 1 aromatic heterocycles. The first-order valence-electron chi connectivity index (χ1n) is 4.16. The van der Waals surface area contributed by atoms with Gasteiger partial charge in [0.2, 0.25) is 0 Å². The lowest BCUT2D eigenvalue weighted by molar-refractivity contribution is 0.0947. The Hall–Kier alpha value is -1.69. The molecule has 1 heterocycles. The molecular weight excluding hydrogens is 184 g/mol. The minimum atomic E-state index is -0.462. The molecule has 1 aromatic rings. The number of nitrogens with one attached hydrogen (secondary N) is 1. The third kappa shape index (κ3) is 2.40. The summed E-state index contributed by atoms with van der Waals surface area (Å²) in [6.45, 7) is 4.01. The van der Waals surface area contributed by atoms with E-state index < -0.39 is 5.91 Å². The van der Waals surface area contributed by atoms with Gasteiger partial charge in [0.25, 0.3) is 5.91 Å². The average molecular weight is 196 g/mol. The third-order valence-corrected chi connectivity index (χ3v) is 1.47. The first-order chi connectivity index (χ1) is 6.67. The number of aromatic nitrogens is 2. The van der Waals surface area contributed by atoms with Gasteiger partial charge < -0.3 is 4.74 Å². The molecule has 0 unspecified atom stereocenters. The highest BCUT2D eigenvalue weighted by atomic mass is 16.5. The summed E-state index contributed by atoms with van der Waals surface area (Å²) >= 11 is 0. The van der Waals surface area contributed by atoms with E-state index in [0.29, 0.717) is 12.3 Å². The highest BCUT2D eigenvalue weighted by Crippen LogP contribution is 2.06. The van der Waals surface area contributed by atoms with Gasteiger partial charge >= 0.3 is 6.01 Å². The van der Waals surface area contributed by atoms with Crippen molar-refractivity contribution in [1.82, 2.24) is 15.4 Å². The Balaban J connectivity index is 3.00. The zero-order valence-electron chi connectivity index (χ0n) is 8.07. The Morgan fingerprint density at radius 2 is 2.36 bits per heavy atom. The third-order valence-electron chi connectivity index (χ3n) is 1.47. The van der Waals surface area contributed by atoms with E-state index in [-0.39, 0.29) is 11.7 Å². The fraction of sp³-hybridized carbons (Fsp3) is 0.375. The predicted molar refractivity (Wildman–Crippen MR) is 49.6 cm³/mol. The van der Waals surface area contributed by atoms with Gasteiger partial charge in [-0.3, -0.25) is 10.2 Å². The van der Waals surface area contributed by atoms with E-state index in [9.17, 15) is 4.79 Å². The zero-order valence-corrected chi connectivity index (χ0v) is 8.07. The van der Waals surface area contributed by atoms with Gasteiger partial charge in [-0.15, -0.1) is 0 Å². The summed E-state index contributed by atoms with van der Waals surface area (Å²) < 4.78 is 5.08. The van der Waals surface area contributed by atoms with Gasteiger partial charge in [-0.2, -0.15) is 4.98 Å². The van der Waals surface area contributed by atoms with Crippen molar-refractivity contribution in [2.75, 3.05) is 6.61 Å². The summed E-state index contributed by atoms with van der Waals surface area (Å²) in [5.74, 6) is 4.52. The number of hydrogen-bond donors (Lipinski definition) is 2. The molecule has 6 nitrogen and oxygen atoms in total. The molecule has 14 heavy (non-hydrogen) atoms. The molecule has 0 aliphatic heterocycles. The van der Waals surface area contributed by atoms with E-state index in [1.807, 2.05) is 12.3 Å². The molecule has 0 fully saturated rings. The van der Waals surface area contributed by atoms with Crippen molar-refractivity contribution in [3.8, 4) is 6.01 Å². The van der Waals surface area contributed by atoms with Gasteiger partial charge in [-0.05, 0) is 19.9 Å². The van der Waals surface area contributed by atoms with Crippen LogP contribution in [0.2, 0.25) is 0 Å². The topological polar surface area (TPSA) is 90.1 Å². The van der Waals surface area contributed by atoms with Crippen molar-refractivity contribution >= 4 is 5.91 Å². The molecule has 6 heteroatoms. The van der Waals surface area contributed by atoms with Crippen LogP contribution in [-0.2, 0) is 0 Å². The van der Waals surface area contributed by atoms with Crippen molar-refractivity contribution in [2.24, 2.45) is 5.84 Å². The number of carbonyl (C=O) groups is 1. The smallest absolute Gasteiger partial charge is 0.317 e. The number of nitrogens with zero attached hydrogens (tertiary/aromatic N) is 2. The van der Waals surface area contributed by atoms with Crippen molar-refractivity contribution < 1.29 is 9.53 Å². The van der Waals surface area contributed by atoms with Crippen LogP contribution < -0.4 is 16.0 Å². The molecule has 1 amide bonds. The minimum Gasteiger partial charge on any atom is -0.464 e. The van der Waals surface area contributed by atoms with Crippen LogP contribution >= 0.6 is 0 Å². The second-order valence-electron chi connectivity index (χ2n) is 2.58. The van der Waals surface area contributed by atoms with Crippen LogP contribution in [0.1, 0.15) is 23.1 Å². The van der Waals surface area contributed by atoms with Crippen molar-refractivity contribution in [3.05, 3.63) is 17.5 Å². The van der Waals surface area contributed by atoms with E-state index in [1.165, 1.54) is 6.07 Å². The number of nitrogens with two attached hydrogens (primary N) is 1. The number of hydrogen-bond acceptors (Lipinski definition) is 5. The lowest BCUT2D eigenvalue weighted by atomic mass is 10.3. The molecule has 0 saturated carbocycles. The molecule has 0 bridgehead atoms. The molecule has 0 radical (unpaired) electrons. The van der Waals surface area contributed by atoms with Crippen molar-refractivity contribution in [2.45, 2.75) is 13.8 Å². The molecule has 3 N–H and O–H groups in total. The molecule has 0 aliphatic rings. The Kier molecular flexibility index (Phi) is 3.35. The summed E-state index contributed by atoms with van der Waals surface area (Å²) in [5, 5.41) is 0. The predicted octanol–water partition coefficient (Wildman–Crippen LogP) is -0.213. The second kappa shape index (κ2) is 4.52. The van der Waals surface area contributed by atoms with Gasteiger partial charge in [0, 0.05) is 5.69 Å². The molecule has 0 atom stereocenters. The number of amides is 1. The maximum Gasteiger partial charge on any atom is 0.317 e. The van der Waals surface area contributed by atoms with Gasteiger partial charge in [-0.25, -0.2) is 10.8 Å². The van der Waals surface area contributed by atoms with E-state index >= 15 is 0 Å². The molecular formula is C8H12N4O2. The van der Waals surface area contributed by atoms with Gasteiger partial charge in [0.05, 0.1) is 6.61 Å². The Morgan fingerprint density at radius 1 is 1.64 bits per heavy atom. The molecule has 76 valence electrons. The van der Waals surface area contributed by atoms with Crippen LogP contribution in [0.5, 0.6) is 6.01 Å². The Morgan fingerprint density at radius 3 is 2.93 bits per heavy atom. The van der Waals surface area contributed by atoms with E-state index in [1.54, 1.807) is 6.92 Å². The first kappa shape index (κ1) is 10.4. The molecule has 0 aliphatic carbocycles. The largest absolute Gasteiger partial charge is 0.464 e. The zero-order chi connectivity index (χ0) is 10.6. The van der Waals surface area contributed by atoms with Crippen molar-refractivity contribution in [3.63, 3.8) is 0 Å². The summed E-state index contributed by atoms with van der Waals surface area (Å²) in [4.78, 5) is 19.0. The van der Waals surface area contributed by atoms with E-state index in [0.717, 1.165) is 0 Å². The summed E-state index contributed by atoms with van der Waals surface area (Å²) in [6.07, 6.45) is 0. The SMILES string of the molecule is CCOc1nc(C)cc(C(=O)NN)n1. The number of rotatable bonds is 3. The average Bonchev–Trinajstić information content (AvgIpc) is 2.16. The number of carbonyl (C=O) groups excluding carboxylic acids is 1. The number of hydrazine groups is 1. The normalized spacial score (nSPS) is 9.64. The highest BCUT2D eigenvalue weighted by molar-refractivity contribution is 5.91. The quantitative estimate of drug-likeness (QED) is 0.396. The summed E-state index contributed by atoms with van der Waals surface area (Å²) in [7, 11) is 0. The van der Waals surface area contributed by atoms with Crippen LogP contribution in [0.15, 0.2) is 6.07 Å². The fourth-order valence-electron chi connectivity index (χ4n) is 0.925. The molecule has 0 aromatic carbocycles. The van der Waals surface area contributed by atoms with Crippen molar-refractivity contribution in [1.29, 1.82) is 0 Å². The van der Waals surface area contributed by atoms with E-state index in [2.05, 4.69) is 9.97 Å². The van der Waals surface area contributed by atoms with E-state index in [4.69, 9.17) is 10.6 Å². The monoisotopic (exact) mass is 196 g/mol. The van der Waals surface area contributed by atoms with Crippen LogP contribution in [0.3, 0.4) is 0 Å². The number of ether oxygens (including phenoxy) is 1. The Labute approximate surface area is 81.5 Å². The maximum atomic E-state index is 11.1. The Bertz CT molecular complexity index is 340. The molecule has 0 spiro atoms. The highest BCUT2D eigenvalue weighted by Gasteiger charge is 2.09. The lowest BCUT2D eigenvalue weighted by Crippen LogP contribution is -2.31. The van der Waals surface area contributed by atoms with Crippen LogP contribution in [0, 0.1) is 6.92 Å². The molecule has 1 rings (SSSR count). The van der Waals surface area contributed by atoms with Crippen LogP contribution in [0.4, 0.5) is 0 Å². The van der Waals surface area contributed by atoms with Crippen LogP contribution in [-0.4, -0.2) is 22.5 Å². The standard InChI is InChI=1S/C8H12N4O2/c1-3-14-8-10-5(2)4-6(11-8)7(13)12-9/h4H,3,9H2,1-2H3,(H,12,13). The fourth-order valence-corrected chi connectivity index (χ4v) is 0.925. The summed E-state index contributed by atoms with van der Waals surface area (Å²) in [5.41, 5.74) is 2.85. The summed E-state index contributed by atoms with van der Waals surface area (Å²) in [6, 6.07) is 1.72. The van der Waals surface area contributed by atoms with Gasteiger partial charge in [-0.1, -0.05) is 0 Å². The first-order valence-corrected chi connectivity index (χ1v) is 4.16. The van der Waals surface area contributed by atoms with Crippen LogP contribution in [0.25, 0.3) is 0 Å². The number of aryl methyl sites for hydroxylation is 1. The van der Waals surface area contributed by atoms with Gasteiger partial charge in [0.15, 0.2) is 0 Å². The minimum absolute atomic E-state index is 0.186. The number of nitrogen functional groups attached to an aromatic ring is 1. The lowest BCUT2D eigenvalue weighted by Gasteiger charge is -2.04. The molecule has 0 saturated heterocycles. The van der Waals surface area contributed by atoms with Gasteiger partial charge in [0.1, 0.15) is 5.69 Å².